The summed E-state index contributed by atoms with van der Waals surface area (Å²) in [5, 5.41) is 2.94. The maximum Gasteiger partial charge on any atom is 0.321 e. The molecule has 0 aromatic heterocycles. The molecule has 3 amide bonds. The van der Waals surface area contributed by atoms with Crippen molar-refractivity contribution in [3.63, 3.8) is 0 Å². The van der Waals surface area contributed by atoms with Crippen LogP contribution in [0.2, 0.25) is 0 Å². The Kier molecular flexibility index (Phi) is 4.51. The number of rotatable bonds is 3. The van der Waals surface area contributed by atoms with Gasteiger partial charge in [0, 0.05) is 31.4 Å². The molecular formula is C19H21N3O2. The van der Waals surface area contributed by atoms with E-state index < -0.39 is 0 Å². The van der Waals surface area contributed by atoms with Crippen molar-refractivity contribution in [1.82, 2.24) is 5.32 Å². The molecule has 0 saturated carbocycles. The van der Waals surface area contributed by atoms with E-state index in [4.69, 9.17) is 0 Å². The summed E-state index contributed by atoms with van der Waals surface area (Å²) in [6.07, 6.45) is 0.322. The number of para-hydroxylation sites is 1. The van der Waals surface area contributed by atoms with Crippen LogP contribution in [0.15, 0.2) is 54.6 Å². The van der Waals surface area contributed by atoms with Gasteiger partial charge in [-0.2, -0.15) is 0 Å². The van der Waals surface area contributed by atoms with Crippen molar-refractivity contribution in [2.75, 3.05) is 23.4 Å². The lowest BCUT2D eigenvalue weighted by atomic mass is 10.2. The molecule has 0 spiro atoms. The summed E-state index contributed by atoms with van der Waals surface area (Å²) in [6.45, 7) is 2.51. The van der Waals surface area contributed by atoms with Crippen LogP contribution in [-0.4, -0.2) is 31.6 Å². The van der Waals surface area contributed by atoms with Crippen molar-refractivity contribution >= 4 is 23.3 Å². The van der Waals surface area contributed by atoms with Gasteiger partial charge in [-0.25, -0.2) is 4.79 Å². The van der Waals surface area contributed by atoms with Crippen LogP contribution in [0, 0.1) is 6.92 Å². The molecule has 2 aromatic carbocycles. The Labute approximate surface area is 141 Å². The second kappa shape index (κ2) is 6.74. The first-order chi connectivity index (χ1) is 11.5. The zero-order chi connectivity index (χ0) is 17.1. The highest BCUT2D eigenvalue weighted by molar-refractivity contribution is 5.98. The molecule has 0 radical (unpaired) electrons. The van der Waals surface area contributed by atoms with Gasteiger partial charge in [-0.1, -0.05) is 35.9 Å². The Morgan fingerprint density at radius 2 is 1.79 bits per heavy atom. The summed E-state index contributed by atoms with van der Waals surface area (Å²) in [4.78, 5) is 27.9. The number of nitrogens with one attached hydrogen (secondary N) is 1. The molecular weight excluding hydrogens is 302 g/mol. The lowest BCUT2D eigenvalue weighted by Crippen LogP contribution is -2.44. The summed E-state index contributed by atoms with van der Waals surface area (Å²) >= 11 is 0. The summed E-state index contributed by atoms with van der Waals surface area (Å²) in [6, 6.07) is 16.9. The number of aryl methyl sites for hydroxylation is 1. The third kappa shape index (κ3) is 3.40. The van der Waals surface area contributed by atoms with Crippen LogP contribution in [0.5, 0.6) is 0 Å². The zero-order valence-electron chi connectivity index (χ0n) is 13.9. The van der Waals surface area contributed by atoms with Crippen LogP contribution < -0.4 is 15.1 Å². The van der Waals surface area contributed by atoms with Gasteiger partial charge in [0.25, 0.3) is 0 Å². The van der Waals surface area contributed by atoms with E-state index >= 15 is 0 Å². The highest BCUT2D eigenvalue weighted by Gasteiger charge is 2.32. The maximum absolute atomic E-state index is 12.4. The van der Waals surface area contributed by atoms with Gasteiger partial charge in [0.05, 0.1) is 6.04 Å². The number of urea groups is 1. The van der Waals surface area contributed by atoms with E-state index in [0.29, 0.717) is 13.0 Å². The second-order valence-electron chi connectivity index (χ2n) is 6.08. The van der Waals surface area contributed by atoms with Gasteiger partial charge in [0.1, 0.15) is 0 Å². The largest absolute Gasteiger partial charge is 0.333 e. The van der Waals surface area contributed by atoms with Crippen molar-refractivity contribution in [2.45, 2.75) is 19.4 Å². The van der Waals surface area contributed by atoms with Crippen LogP contribution in [0.25, 0.3) is 0 Å². The van der Waals surface area contributed by atoms with Gasteiger partial charge in [-0.15, -0.1) is 0 Å². The molecule has 1 aliphatic rings. The first-order valence-corrected chi connectivity index (χ1v) is 8.01. The summed E-state index contributed by atoms with van der Waals surface area (Å²) < 4.78 is 0. The number of anilines is 2. The molecule has 24 heavy (non-hydrogen) atoms. The standard InChI is InChI=1S/C19H21N3O2/c1-14-8-10-17(11-9-14)22-13-15(12-18(22)23)20-19(24)21(2)16-6-4-3-5-7-16/h3-11,15H,12-13H2,1-2H3,(H,20,24). The fourth-order valence-corrected chi connectivity index (χ4v) is 2.82. The molecule has 1 heterocycles. The minimum absolute atomic E-state index is 0.0338. The maximum atomic E-state index is 12.4. The Bertz CT molecular complexity index is 728. The van der Waals surface area contributed by atoms with Crippen LogP contribution in [0.4, 0.5) is 16.2 Å². The molecule has 2 aromatic rings. The Hall–Kier alpha value is -2.82. The van der Waals surface area contributed by atoms with Gasteiger partial charge in [-0.3, -0.25) is 9.69 Å². The smallest absolute Gasteiger partial charge is 0.321 e. The van der Waals surface area contributed by atoms with E-state index in [1.807, 2.05) is 61.5 Å². The average Bonchev–Trinajstić information content (AvgIpc) is 2.96. The van der Waals surface area contributed by atoms with Gasteiger partial charge >= 0.3 is 6.03 Å². The van der Waals surface area contributed by atoms with Gasteiger partial charge in [0.2, 0.25) is 5.91 Å². The number of amides is 3. The summed E-state index contributed by atoms with van der Waals surface area (Å²) in [7, 11) is 1.72. The summed E-state index contributed by atoms with van der Waals surface area (Å²) in [5.74, 6) is 0.0338. The predicted octanol–water partition coefficient (Wildman–Crippen LogP) is 2.95. The third-order valence-corrected chi connectivity index (χ3v) is 4.25. The summed E-state index contributed by atoms with van der Waals surface area (Å²) in [5.41, 5.74) is 2.84. The molecule has 1 aliphatic heterocycles. The molecule has 1 unspecified atom stereocenters. The molecule has 1 atom stereocenters. The number of hydrogen-bond acceptors (Lipinski definition) is 2. The Morgan fingerprint density at radius 1 is 1.12 bits per heavy atom. The molecule has 3 rings (SSSR count). The topological polar surface area (TPSA) is 52.7 Å². The lowest BCUT2D eigenvalue weighted by Gasteiger charge is -2.21. The first-order valence-electron chi connectivity index (χ1n) is 8.01. The monoisotopic (exact) mass is 323 g/mol. The molecule has 1 fully saturated rings. The quantitative estimate of drug-likeness (QED) is 0.944. The molecule has 5 nitrogen and oxygen atoms in total. The molecule has 0 bridgehead atoms. The third-order valence-electron chi connectivity index (χ3n) is 4.25. The average molecular weight is 323 g/mol. The Morgan fingerprint density at radius 3 is 2.46 bits per heavy atom. The van der Waals surface area contributed by atoms with Gasteiger partial charge in [0.15, 0.2) is 0 Å². The molecule has 1 N–H and O–H groups in total. The SMILES string of the molecule is Cc1ccc(N2CC(NC(=O)N(C)c3ccccc3)CC2=O)cc1. The van der Waals surface area contributed by atoms with Crippen LogP contribution >= 0.6 is 0 Å². The van der Waals surface area contributed by atoms with Crippen LogP contribution in [0.3, 0.4) is 0 Å². The highest BCUT2D eigenvalue weighted by Crippen LogP contribution is 2.22. The first kappa shape index (κ1) is 16.1. The van der Waals surface area contributed by atoms with E-state index in [1.165, 1.54) is 0 Å². The fraction of sp³-hybridized carbons (Fsp3) is 0.263. The number of carbonyl (C=O) groups is 2. The molecule has 124 valence electrons. The number of benzene rings is 2. The van der Waals surface area contributed by atoms with E-state index in [2.05, 4.69) is 5.32 Å². The van der Waals surface area contributed by atoms with E-state index in [9.17, 15) is 9.59 Å². The number of nitrogens with zero attached hydrogens (tertiary/aromatic N) is 2. The lowest BCUT2D eigenvalue weighted by molar-refractivity contribution is -0.117. The van der Waals surface area contributed by atoms with Crippen molar-refractivity contribution in [3.8, 4) is 0 Å². The highest BCUT2D eigenvalue weighted by atomic mass is 16.2. The molecule has 1 saturated heterocycles. The van der Waals surface area contributed by atoms with Crippen LogP contribution in [-0.2, 0) is 4.79 Å². The van der Waals surface area contributed by atoms with Gasteiger partial charge in [-0.05, 0) is 31.2 Å². The van der Waals surface area contributed by atoms with Crippen molar-refractivity contribution < 1.29 is 9.59 Å². The van der Waals surface area contributed by atoms with Crippen molar-refractivity contribution in [3.05, 3.63) is 60.2 Å². The predicted molar refractivity (Wildman–Crippen MR) is 95.3 cm³/mol. The minimum Gasteiger partial charge on any atom is -0.333 e. The Balaban J connectivity index is 1.64. The van der Waals surface area contributed by atoms with Gasteiger partial charge < -0.3 is 10.2 Å². The van der Waals surface area contributed by atoms with Crippen molar-refractivity contribution in [1.29, 1.82) is 0 Å². The van der Waals surface area contributed by atoms with E-state index in [0.717, 1.165) is 16.9 Å². The molecule has 5 heteroatoms. The van der Waals surface area contributed by atoms with E-state index in [-0.39, 0.29) is 18.0 Å². The number of hydrogen-bond donors (Lipinski definition) is 1. The minimum atomic E-state index is -0.204. The number of carbonyl (C=O) groups excluding carboxylic acids is 2. The van der Waals surface area contributed by atoms with E-state index in [1.54, 1.807) is 16.8 Å². The van der Waals surface area contributed by atoms with Crippen LogP contribution in [0.1, 0.15) is 12.0 Å². The normalized spacial score (nSPS) is 17.0. The zero-order valence-corrected chi connectivity index (χ0v) is 13.9. The molecule has 0 aliphatic carbocycles. The fourth-order valence-electron chi connectivity index (χ4n) is 2.82. The van der Waals surface area contributed by atoms with Crippen molar-refractivity contribution in [2.24, 2.45) is 0 Å². The second-order valence-corrected chi connectivity index (χ2v) is 6.08.